The number of hydrogen-bond donors (Lipinski definition) is 1. The molecule has 1 N–H and O–H groups in total. The smallest absolute Gasteiger partial charge is 0.271 e. The standard InChI is InChI=1S/C16H13FN2O3/c1-10(12-4-7-14-15(8-12)22-9-21-14)18-19-16(20)11-2-5-13(17)6-3-11/h2-8H,9H2,1H3,(H,19,20). The zero-order chi connectivity index (χ0) is 15.5. The Morgan fingerprint density at radius 1 is 1.09 bits per heavy atom. The number of nitrogens with zero attached hydrogens (tertiary/aromatic N) is 1. The summed E-state index contributed by atoms with van der Waals surface area (Å²) in [6.07, 6.45) is 0. The number of amides is 1. The second kappa shape index (κ2) is 5.85. The minimum Gasteiger partial charge on any atom is -0.454 e. The molecule has 0 spiro atoms. The third-order valence-corrected chi connectivity index (χ3v) is 3.22. The average Bonchev–Trinajstić information content (AvgIpc) is 3.00. The predicted molar refractivity (Wildman–Crippen MR) is 78.6 cm³/mol. The van der Waals surface area contributed by atoms with Crippen molar-refractivity contribution in [1.82, 2.24) is 5.43 Å². The highest BCUT2D eigenvalue weighted by Gasteiger charge is 2.14. The van der Waals surface area contributed by atoms with Crippen LogP contribution in [0.1, 0.15) is 22.8 Å². The molecule has 0 unspecified atom stereocenters. The van der Waals surface area contributed by atoms with E-state index in [0.717, 1.165) is 5.56 Å². The SMILES string of the molecule is CC(=NNC(=O)c1ccc(F)cc1)c1ccc2c(c1)OCO2. The summed E-state index contributed by atoms with van der Waals surface area (Å²) in [6.45, 7) is 1.97. The molecule has 1 heterocycles. The third-order valence-electron chi connectivity index (χ3n) is 3.22. The van der Waals surface area contributed by atoms with Crippen molar-refractivity contribution in [1.29, 1.82) is 0 Å². The summed E-state index contributed by atoms with van der Waals surface area (Å²) in [7, 11) is 0. The zero-order valence-electron chi connectivity index (χ0n) is 11.8. The number of carbonyl (C=O) groups excluding carboxylic acids is 1. The molecular formula is C16H13FN2O3. The van der Waals surface area contributed by atoms with Gasteiger partial charge < -0.3 is 9.47 Å². The number of benzene rings is 2. The molecule has 0 bridgehead atoms. The first-order valence-electron chi connectivity index (χ1n) is 6.64. The summed E-state index contributed by atoms with van der Waals surface area (Å²) < 4.78 is 23.3. The van der Waals surface area contributed by atoms with E-state index in [1.54, 1.807) is 19.1 Å². The lowest BCUT2D eigenvalue weighted by Crippen LogP contribution is -2.19. The molecular weight excluding hydrogens is 287 g/mol. The fourth-order valence-corrected chi connectivity index (χ4v) is 1.99. The van der Waals surface area contributed by atoms with E-state index >= 15 is 0 Å². The zero-order valence-corrected chi connectivity index (χ0v) is 11.8. The minimum absolute atomic E-state index is 0.205. The highest BCUT2D eigenvalue weighted by atomic mass is 19.1. The van der Waals surface area contributed by atoms with E-state index in [4.69, 9.17) is 9.47 Å². The van der Waals surface area contributed by atoms with E-state index in [-0.39, 0.29) is 6.79 Å². The monoisotopic (exact) mass is 300 g/mol. The van der Waals surface area contributed by atoms with Gasteiger partial charge in [0.15, 0.2) is 11.5 Å². The summed E-state index contributed by atoms with van der Waals surface area (Å²) >= 11 is 0. The van der Waals surface area contributed by atoms with Crippen LogP contribution in [0.25, 0.3) is 0 Å². The van der Waals surface area contributed by atoms with Crippen LogP contribution in [-0.2, 0) is 0 Å². The number of ether oxygens (including phenoxy) is 2. The minimum atomic E-state index is -0.403. The highest BCUT2D eigenvalue weighted by molar-refractivity contribution is 6.01. The Balaban J connectivity index is 1.72. The van der Waals surface area contributed by atoms with Gasteiger partial charge in [-0.15, -0.1) is 0 Å². The molecule has 1 aliphatic rings. The molecule has 0 fully saturated rings. The van der Waals surface area contributed by atoms with Crippen molar-refractivity contribution in [2.45, 2.75) is 6.92 Å². The van der Waals surface area contributed by atoms with Gasteiger partial charge >= 0.3 is 0 Å². The van der Waals surface area contributed by atoms with E-state index in [2.05, 4.69) is 10.5 Å². The molecule has 0 saturated carbocycles. The average molecular weight is 300 g/mol. The number of carbonyl (C=O) groups is 1. The Morgan fingerprint density at radius 3 is 2.55 bits per heavy atom. The van der Waals surface area contributed by atoms with Crippen LogP contribution in [0.3, 0.4) is 0 Å². The quantitative estimate of drug-likeness (QED) is 0.700. The lowest BCUT2D eigenvalue weighted by molar-refractivity contribution is 0.0955. The molecule has 0 aliphatic carbocycles. The predicted octanol–water partition coefficient (Wildman–Crippen LogP) is 2.71. The first-order valence-corrected chi connectivity index (χ1v) is 6.64. The van der Waals surface area contributed by atoms with Crippen LogP contribution in [0.4, 0.5) is 4.39 Å². The van der Waals surface area contributed by atoms with E-state index in [0.29, 0.717) is 22.8 Å². The van der Waals surface area contributed by atoms with Gasteiger partial charge in [0.05, 0.1) is 5.71 Å². The first kappa shape index (κ1) is 14.1. The number of nitrogens with one attached hydrogen (secondary N) is 1. The fourth-order valence-electron chi connectivity index (χ4n) is 1.99. The summed E-state index contributed by atoms with van der Waals surface area (Å²) in [5, 5.41) is 4.05. The topological polar surface area (TPSA) is 59.9 Å². The molecule has 0 radical (unpaired) electrons. The van der Waals surface area contributed by atoms with Gasteiger partial charge in [-0.3, -0.25) is 4.79 Å². The first-order chi connectivity index (χ1) is 10.6. The lowest BCUT2D eigenvalue weighted by Gasteiger charge is -2.04. The number of hydrazone groups is 1. The Bertz CT molecular complexity index is 742. The normalized spacial score (nSPS) is 13.1. The molecule has 6 heteroatoms. The molecule has 0 aromatic heterocycles. The maximum Gasteiger partial charge on any atom is 0.271 e. The summed E-state index contributed by atoms with van der Waals surface area (Å²) in [4.78, 5) is 11.9. The van der Waals surface area contributed by atoms with Crippen molar-refractivity contribution >= 4 is 11.6 Å². The molecule has 1 amide bonds. The Kier molecular flexibility index (Phi) is 3.74. The van der Waals surface area contributed by atoms with Gasteiger partial charge in [-0.25, -0.2) is 9.82 Å². The van der Waals surface area contributed by atoms with Crippen molar-refractivity contribution in [2.24, 2.45) is 5.10 Å². The van der Waals surface area contributed by atoms with Crippen LogP contribution >= 0.6 is 0 Å². The second-order valence-electron chi connectivity index (χ2n) is 4.71. The second-order valence-corrected chi connectivity index (χ2v) is 4.71. The van der Waals surface area contributed by atoms with E-state index in [1.165, 1.54) is 24.3 Å². The fraction of sp³-hybridized carbons (Fsp3) is 0.125. The van der Waals surface area contributed by atoms with Gasteiger partial charge in [-0.2, -0.15) is 5.10 Å². The molecule has 22 heavy (non-hydrogen) atoms. The molecule has 5 nitrogen and oxygen atoms in total. The van der Waals surface area contributed by atoms with E-state index in [9.17, 15) is 9.18 Å². The molecule has 2 aromatic rings. The maximum absolute atomic E-state index is 12.8. The van der Waals surface area contributed by atoms with Crippen LogP contribution in [0, 0.1) is 5.82 Å². The molecule has 3 rings (SSSR count). The van der Waals surface area contributed by atoms with Crippen molar-refractivity contribution in [2.75, 3.05) is 6.79 Å². The largest absolute Gasteiger partial charge is 0.454 e. The summed E-state index contributed by atoms with van der Waals surface area (Å²) in [5.41, 5.74) is 4.20. The molecule has 112 valence electrons. The van der Waals surface area contributed by atoms with Crippen LogP contribution < -0.4 is 14.9 Å². The van der Waals surface area contributed by atoms with Gasteiger partial charge in [0.25, 0.3) is 5.91 Å². The molecule has 0 atom stereocenters. The number of hydrogen-bond acceptors (Lipinski definition) is 4. The molecule has 1 aliphatic heterocycles. The number of rotatable bonds is 3. The third kappa shape index (κ3) is 2.90. The van der Waals surface area contributed by atoms with Crippen molar-refractivity contribution in [3.8, 4) is 11.5 Å². The van der Waals surface area contributed by atoms with Crippen molar-refractivity contribution < 1.29 is 18.7 Å². The number of fused-ring (bicyclic) bond motifs is 1. The van der Waals surface area contributed by atoms with Crippen LogP contribution in [0.5, 0.6) is 11.5 Å². The van der Waals surface area contributed by atoms with Gasteiger partial charge in [0, 0.05) is 11.1 Å². The Morgan fingerprint density at radius 2 is 1.77 bits per heavy atom. The van der Waals surface area contributed by atoms with E-state index in [1.807, 2.05) is 6.07 Å². The Labute approximate surface area is 126 Å². The van der Waals surface area contributed by atoms with Crippen LogP contribution in [0.15, 0.2) is 47.6 Å². The lowest BCUT2D eigenvalue weighted by atomic mass is 10.1. The van der Waals surface area contributed by atoms with E-state index < -0.39 is 11.7 Å². The van der Waals surface area contributed by atoms with Crippen molar-refractivity contribution in [3.63, 3.8) is 0 Å². The van der Waals surface area contributed by atoms with Gasteiger partial charge in [-0.05, 0) is 49.4 Å². The van der Waals surface area contributed by atoms with Crippen LogP contribution in [-0.4, -0.2) is 18.4 Å². The van der Waals surface area contributed by atoms with Gasteiger partial charge in [0.1, 0.15) is 5.82 Å². The maximum atomic E-state index is 12.8. The Hall–Kier alpha value is -2.89. The highest BCUT2D eigenvalue weighted by Crippen LogP contribution is 2.32. The summed E-state index contributed by atoms with van der Waals surface area (Å²) in [6, 6.07) is 10.7. The number of halogens is 1. The van der Waals surface area contributed by atoms with Crippen molar-refractivity contribution in [3.05, 3.63) is 59.4 Å². The molecule has 0 saturated heterocycles. The van der Waals surface area contributed by atoms with Crippen LogP contribution in [0.2, 0.25) is 0 Å². The summed E-state index contributed by atoms with van der Waals surface area (Å²) in [5.74, 6) is 0.542. The van der Waals surface area contributed by atoms with Gasteiger partial charge in [-0.1, -0.05) is 0 Å². The molecule has 2 aromatic carbocycles. The van der Waals surface area contributed by atoms with Gasteiger partial charge in [0.2, 0.25) is 6.79 Å².